The molecule has 3 aromatic rings. The van der Waals surface area contributed by atoms with Crippen LogP contribution in [0.15, 0.2) is 53.3 Å². The number of hydrogen-bond donors (Lipinski definition) is 2. The molecule has 4 rings (SSSR count). The van der Waals surface area contributed by atoms with E-state index in [9.17, 15) is 9.18 Å². The highest BCUT2D eigenvalue weighted by Crippen LogP contribution is 2.22. The number of rotatable bonds is 5. The Balaban J connectivity index is 1.26. The Bertz CT molecular complexity index is 979. The number of fused-ring (bicyclic) bond motifs is 1. The minimum atomic E-state index is -0.172. The van der Waals surface area contributed by atoms with Crippen LogP contribution in [0.1, 0.15) is 24.0 Å². The second kappa shape index (κ2) is 7.92. The zero-order valence-corrected chi connectivity index (χ0v) is 15.2. The smallest absolute Gasteiger partial charge is 0.306 e. The first-order chi connectivity index (χ1) is 13.2. The molecule has 0 saturated carbocycles. The average molecular weight is 365 g/mol. The standard InChI is InChI=1S/C22H24FN3O/c23-19-6-3-17(4-7-19)14-18-9-12-26(13-10-18)11-1-2-16-5-8-20-21(15-16)25-22(27)24-20/h1-8,15,18H,9-14H2,(H2,24,25,27). The Hall–Kier alpha value is -2.66. The number of imidazole rings is 1. The van der Waals surface area contributed by atoms with E-state index < -0.39 is 0 Å². The fourth-order valence-corrected chi connectivity index (χ4v) is 3.82. The van der Waals surface area contributed by atoms with Crippen LogP contribution in [0.3, 0.4) is 0 Å². The highest BCUT2D eigenvalue weighted by atomic mass is 19.1. The van der Waals surface area contributed by atoms with Gasteiger partial charge in [-0.1, -0.05) is 30.4 Å². The summed E-state index contributed by atoms with van der Waals surface area (Å²) >= 11 is 0. The van der Waals surface area contributed by atoms with Crippen molar-refractivity contribution in [2.75, 3.05) is 19.6 Å². The molecule has 0 spiro atoms. The monoisotopic (exact) mass is 365 g/mol. The van der Waals surface area contributed by atoms with Gasteiger partial charge in [-0.2, -0.15) is 0 Å². The van der Waals surface area contributed by atoms with Crippen LogP contribution in [0.25, 0.3) is 17.1 Å². The number of piperidine rings is 1. The second-order valence-electron chi connectivity index (χ2n) is 7.36. The largest absolute Gasteiger partial charge is 0.323 e. The van der Waals surface area contributed by atoms with Crippen molar-refractivity contribution in [1.82, 2.24) is 14.9 Å². The molecule has 2 heterocycles. The zero-order chi connectivity index (χ0) is 18.6. The lowest BCUT2D eigenvalue weighted by molar-refractivity contribution is 0.200. The van der Waals surface area contributed by atoms with Crippen molar-refractivity contribution in [1.29, 1.82) is 0 Å². The fourth-order valence-electron chi connectivity index (χ4n) is 3.82. The van der Waals surface area contributed by atoms with E-state index in [1.165, 1.54) is 18.4 Å². The number of aromatic amines is 2. The van der Waals surface area contributed by atoms with Crippen LogP contribution in [-0.2, 0) is 6.42 Å². The molecule has 0 radical (unpaired) electrons. The molecule has 140 valence electrons. The number of benzene rings is 2. The van der Waals surface area contributed by atoms with Gasteiger partial charge in [0.1, 0.15) is 5.82 Å². The van der Waals surface area contributed by atoms with Gasteiger partial charge >= 0.3 is 5.69 Å². The van der Waals surface area contributed by atoms with Gasteiger partial charge in [0.15, 0.2) is 0 Å². The second-order valence-corrected chi connectivity index (χ2v) is 7.36. The maximum atomic E-state index is 13.0. The third-order valence-electron chi connectivity index (χ3n) is 5.36. The third-order valence-corrected chi connectivity index (χ3v) is 5.36. The molecule has 1 aromatic heterocycles. The molecule has 5 heteroatoms. The summed E-state index contributed by atoms with van der Waals surface area (Å²) in [7, 11) is 0. The van der Waals surface area contributed by atoms with E-state index in [4.69, 9.17) is 0 Å². The molecule has 1 aliphatic heterocycles. The predicted molar refractivity (Wildman–Crippen MR) is 107 cm³/mol. The number of halogens is 1. The van der Waals surface area contributed by atoms with E-state index >= 15 is 0 Å². The summed E-state index contributed by atoms with van der Waals surface area (Å²) in [5.74, 6) is 0.519. The number of nitrogens with zero attached hydrogens (tertiary/aromatic N) is 1. The Labute approximate surface area is 157 Å². The van der Waals surface area contributed by atoms with Gasteiger partial charge in [-0.05, 0) is 73.7 Å². The Morgan fingerprint density at radius 2 is 1.78 bits per heavy atom. The topological polar surface area (TPSA) is 51.9 Å². The van der Waals surface area contributed by atoms with Gasteiger partial charge in [0.25, 0.3) is 0 Å². The molecular weight excluding hydrogens is 341 g/mol. The van der Waals surface area contributed by atoms with Crippen molar-refractivity contribution >= 4 is 17.1 Å². The van der Waals surface area contributed by atoms with Gasteiger partial charge < -0.3 is 9.97 Å². The van der Waals surface area contributed by atoms with Crippen LogP contribution in [0, 0.1) is 11.7 Å². The van der Waals surface area contributed by atoms with Crippen LogP contribution in [0.4, 0.5) is 4.39 Å². The number of hydrogen-bond acceptors (Lipinski definition) is 2. The minimum Gasteiger partial charge on any atom is -0.306 e. The van der Waals surface area contributed by atoms with Gasteiger partial charge in [-0.3, -0.25) is 4.90 Å². The number of aromatic nitrogens is 2. The van der Waals surface area contributed by atoms with Crippen molar-refractivity contribution < 1.29 is 4.39 Å². The molecule has 2 aromatic carbocycles. The molecule has 1 aliphatic rings. The zero-order valence-electron chi connectivity index (χ0n) is 15.2. The van der Waals surface area contributed by atoms with E-state index in [2.05, 4.69) is 27.0 Å². The summed E-state index contributed by atoms with van der Waals surface area (Å²) in [5, 5.41) is 0. The van der Waals surface area contributed by atoms with Crippen molar-refractivity contribution in [2.24, 2.45) is 5.92 Å². The quantitative estimate of drug-likeness (QED) is 0.719. The van der Waals surface area contributed by atoms with Crippen molar-refractivity contribution in [3.05, 3.63) is 76.0 Å². The summed E-state index contributed by atoms with van der Waals surface area (Å²) in [6, 6.07) is 12.8. The SMILES string of the molecule is O=c1[nH]c2ccc(C=CCN3CCC(Cc4ccc(F)cc4)CC3)cc2[nH]1. The molecule has 1 saturated heterocycles. The molecule has 27 heavy (non-hydrogen) atoms. The van der Waals surface area contributed by atoms with Crippen LogP contribution < -0.4 is 5.69 Å². The fraction of sp³-hybridized carbons (Fsp3) is 0.318. The predicted octanol–water partition coefficient (Wildman–Crippen LogP) is 3.96. The summed E-state index contributed by atoms with van der Waals surface area (Å²) in [5.41, 5.74) is 3.82. The van der Waals surface area contributed by atoms with E-state index in [-0.39, 0.29) is 11.5 Å². The number of likely N-dealkylation sites (tertiary alicyclic amines) is 1. The molecule has 2 N–H and O–H groups in total. The highest BCUT2D eigenvalue weighted by molar-refractivity contribution is 5.77. The summed E-state index contributed by atoms with van der Waals surface area (Å²) in [6.45, 7) is 3.13. The summed E-state index contributed by atoms with van der Waals surface area (Å²) in [6.07, 6.45) is 7.70. The first kappa shape index (κ1) is 17.7. The maximum Gasteiger partial charge on any atom is 0.323 e. The van der Waals surface area contributed by atoms with Crippen molar-refractivity contribution in [3.8, 4) is 0 Å². The Morgan fingerprint density at radius 1 is 1.04 bits per heavy atom. The highest BCUT2D eigenvalue weighted by Gasteiger charge is 2.18. The van der Waals surface area contributed by atoms with Crippen LogP contribution >= 0.6 is 0 Å². The summed E-state index contributed by atoms with van der Waals surface area (Å²) in [4.78, 5) is 19.3. The van der Waals surface area contributed by atoms with Gasteiger partial charge in [0.2, 0.25) is 0 Å². The third kappa shape index (κ3) is 4.55. The number of nitrogens with one attached hydrogen (secondary N) is 2. The first-order valence-corrected chi connectivity index (χ1v) is 9.51. The number of H-pyrrole nitrogens is 2. The molecule has 1 fully saturated rings. The molecule has 0 unspecified atom stereocenters. The van der Waals surface area contributed by atoms with Crippen molar-refractivity contribution in [3.63, 3.8) is 0 Å². The Morgan fingerprint density at radius 3 is 2.56 bits per heavy atom. The van der Waals surface area contributed by atoms with Crippen molar-refractivity contribution in [2.45, 2.75) is 19.3 Å². The van der Waals surface area contributed by atoms with Gasteiger partial charge in [-0.25, -0.2) is 9.18 Å². The van der Waals surface area contributed by atoms with Gasteiger partial charge in [0, 0.05) is 6.54 Å². The molecule has 0 atom stereocenters. The molecular formula is C22H24FN3O. The van der Waals surface area contributed by atoms with Gasteiger partial charge in [0.05, 0.1) is 11.0 Å². The average Bonchev–Trinajstić information content (AvgIpc) is 3.04. The molecule has 0 aliphatic carbocycles. The van der Waals surface area contributed by atoms with E-state index in [1.807, 2.05) is 30.3 Å². The van der Waals surface area contributed by atoms with Crippen LogP contribution in [0.5, 0.6) is 0 Å². The first-order valence-electron chi connectivity index (χ1n) is 9.51. The maximum absolute atomic E-state index is 13.0. The minimum absolute atomic E-state index is 0.164. The molecule has 0 amide bonds. The van der Waals surface area contributed by atoms with E-state index in [1.54, 1.807) is 12.1 Å². The normalized spacial score (nSPS) is 16.5. The molecule has 4 nitrogen and oxygen atoms in total. The van der Waals surface area contributed by atoms with E-state index in [0.717, 1.165) is 42.7 Å². The van der Waals surface area contributed by atoms with Crippen LogP contribution in [-0.4, -0.2) is 34.5 Å². The molecule has 0 bridgehead atoms. The van der Waals surface area contributed by atoms with Gasteiger partial charge in [-0.15, -0.1) is 0 Å². The van der Waals surface area contributed by atoms with E-state index in [0.29, 0.717) is 5.92 Å². The van der Waals surface area contributed by atoms with Crippen LogP contribution in [0.2, 0.25) is 0 Å². The summed E-state index contributed by atoms with van der Waals surface area (Å²) < 4.78 is 13.0. The Kier molecular flexibility index (Phi) is 5.21. The lowest BCUT2D eigenvalue weighted by atomic mass is 9.90. The lowest BCUT2D eigenvalue weighted by Crippen LogP contribution is -2.34. The lowest BCUT2D eigenvalue weighted by Gasteiger charge is -2.31.